The van der Waals surface area contributed by atoms with Crippen molar-refractivity contribution in [3.8, 4) is 0 Å². The Bertz CT molecular complexity index is 331. The normalized spacial score (nSPS) is 20.0. The summed E-state index contributed by atoms with van der Waals surface area (Å²) in [6, 6.07) is 0. The third-order valence-electron chi connectivity index (χ3n) is 1.45. The van der Waals surface area contributed by atoms with Crippen molar-refractivity contribution >= 4 is 75.4 Å². The second-order valence-electron chi connectivity index (χ2n) is 2.17. The highest BCUT2D eigenvalue weighted by Gasteiger charge is 2.55. The van der Waals surface area contributed by atoms with E-state index in [9.17, 15) is 4.79 Å². The molecule has 1 nitrogen and oxygen atoms in total. The van der Waals surface area contributed by atoms with Gasteiger partial charge in [0.2, 0.25) is 10.1 Å². The molecule has 0 spiro atoms. The van der Waals surface area contributed by atoms with Crippen LogP contribution in [0.25, 0.3) is 0 Å². The molecule has 0 radical (unpaired) electrons. The monoisotopic (exact) mass is 298 g/mol. The van der Waals surface area contributed by atoms with Gasteiger partial charge in [-0.1, -0.05) is 69.6 Å². The van der Waals surface area contributed by atoms with Gasteiger partial charge in [0.05, 0.1) is 5.57 Å². The molecule has 0 bridgehead atoms. The first-order valence-electron chi connectivity index (χ1n) is 2.84. The van der Waals surface area contributed by atoms with Crippen LogP contribution < -0.4 is 0 Å². The molecule has 0 aromatic carbocycles. The molecule has 0 aromatic rings. The average molecular weight is 301 g/mol. The van der Waals surface area contributed by atoms with Crippen molar-refractivity contribution < 1.29 is 4.79 Å². The van der Waals surface area contributed by atoms with Gasteiger partial charge in [0.25, 0.3) is 0 Å². The second kappa shape index (κ2) is 3.80. The molecular weight excluding hydrogens is 301 g/mol. The van der Waals surface area contributed by atoms with Gasteiger partial charge in [0, 0.05) is 5.57 Å². The Morgan fingerprint density at radius 3 is 1.69 bits per heavy atom. The summed E-state index contributed by atoms with van der Waals surface area (Å²) in [5, 5.41) is 0. The van der Waals surface area contributed by atoms with E-state index in [4.69, 9.17) is 69.6 Å². The van der Waals surface area contributed by atoms with Crippen molar-refractivity contribution in [2.75, 3.05) is 0 Å². The number of carbonyl (C=O) groups is 1. The molecule has 1 rings (SSSR count). The maximum atomic E-state index is 11.2. The zero-order valence-electron chi connectivity index (χ0n) is 5.68. The van der Waals surface area contributed by atoms with Gasteiger partial charge in [-0.25, -0.2) is 0 Å². The molecule has 1 fully saturated rings. The Morgan fingerprint density at radius 1 is 1.00 bits per heavy atom. The average Bonchev–Trinajstić information content (AvgIpc) is 1.96. The first-order valence-corrected chi connectivity index (χ1v) is 5.11. The number of hydrogen-bond donors (Lipinski definition) is 0. The van der Waals surface area contributed by atoms with Gasteiger partial charge in [0.15, 0.2) is 0 Å². The maximum absolute atomic E-state index is 11.2. The SMILES string of the molecule is O=C1C(=C(Cl)Cl)C(=C(Cl)Cl)C1(Cl)Cl. The molecule has 72 valence electrons. The molecular formula is C6Cl6O. The minimum Gasteiger partial charge on any atom is -0.290 e. The topological polar surface area (TPSA) is 17.1 Å². The van der Waals surface area contributed by atoms with E-state index >= 15 is 0 Å². The Hall–Kier alpha value is 0.890. The Morgan fingerprint density at radius 2 is 1.46 bits per heavy atom. The number of carbonyl (C=O) groups excluding carboxylic acids is 1. The third-order valence-corrected chi connectivity index (χ3v) is 2.93. The lowest BCUT2D eigenvalue weighted by atomic mass is 9.85. The molecule has 13 heavy (non-hydrogen) atoms. The summed E-state index contributed by atoms with van der Waals surface area (Å²) in [5.74, 6) is -0.607. The van der Waals surface area contributed by atoms with E-state index in [2.05, 4.69) is 0 Å². The zero-order valence-corrected chi connectivity index (χ0v) is 10.2. The minimum absolute atomic E-state index is 0.0340. The summed E-state index contributed by atoms with van der Waals surface area (Å²) in [5.41, 5.74) is 0.0116. The van der Waals surface area contributed by atoms with Crippen LogP contribution in [0, 0.1) is 0 Å². The molecule has 0 saturated heterocycles. The van der Waals surface area contributed by atoms with Crippen molar-refractivity contribution in [1.82, 2.24) is 0 Å². The van der Waals surface area contributed by atoms with Crippen molar-refractivity contribution in [3.63, 3.8) is 0 Å². The summed E-state index contributed by atoms with van der Waals surface area (Å²) < 4.78 is -2.21. The summed E-state index contributed by atoms with van der Waals surface area (Å²) in [4.78, 5) is 11.2. The standard InChI is InChI=1S/C6Cl6O/c7-4(8)1-2(5(9)10)6(11,12)3(1)13. The summed E-state index contributed by atoms with van der Waals surface area (Å²) in [6.07, 6.45) is 0. The molecule has 0 atom stereocenters. The number of alkyl halides is 2. The predicted octanol–water partition coefficient (Wildman–Crippen LogP) is 4.12. The zero-order chi connectivity index (χ0) is 10.4. The molecule has 0 N–H and O–H groups in total. The van der Waals surface area contributed by atoms with Crippen LogP contribution in [-0.4, -0.2) is 10.1 Å². The van der Waals surface area contributed by atoms with E-state index < -0.39 is 10.1 Å². The smallest absolute Gasteiger partial charge is 0.208 e. The van der Waals surface area contributed by atoms with Gasteiger partial charge in [-0.2, -0.15) is 0 Å². The highest BCUT2D eigenvalue weighted by molar-refractivity contribution is 6.71. The third kappa shape index (κ3) is 1.83. The molecule has 7 heteroatoms. The number of halogens is 6. The van der Waals surface area contributed by atoms with E-state index in [1.54, 1.807) is 0 Å². The van der Waals surface area contributed by atoms with Crippen LogP contribution in [0.3, 0.4) is 0 Å². The lowest BCUT2D eigenvalue weighted by Crippen LogP contribution is -2.43. The molecule has 0 amide bonds. The second-order valence-corrected chi connectivity index (χ2v) is 5.40. The van der Waals surface area contributed by atoms with Crippen LogP contribution in [0.2, 0.25) is 0 Å². The highest BCUT2D eigenvalue weighted by Crippen LogP contribution is 2.52. The van der Waals surface area contributed by atoms with Crippen LogP contribution >= 0.6 is 69.6 Å². The number of allylic oxidation sites excluding steroid dienone is 2. The van der Waals surface area contributed by atoms with E-state index in [-0.39, 0.29) is 20.1 Å². The number of ketones is 1. The lowest BCUT2D eigenvalue weighted by Gasteiger charge is -2.33. The van der Waals surface area contributed by atoms with Crippen LogP contribution in [-0.2, 0) is 4.79 Å². The molecule has 1 saturated carbocycles. The van der Waals surface area contributed by atoms with E-state index in [1.807, 2.05) is 0 Å². The van der Waals surface area contributed by atoms with Gasteiger partial charge in [-0.3, -0.25) is 4.79 Å². The van der Waals surface area contributed by atoms with Gasteiger partial charge in [-0.05, 0) is 0 Å². The van der Waals surface area contributed by atoms with E-state index in [0.717, 1.165) is 0 Å². The molecule has 1 aliphatic carbocycles. The van der Waals surface area contributed by atoms with Crippen LogP contribution in [0.1, 0.15) is 0 Å². The van der Waals surface area contributed by atoms with Gasteiger partial charge < -0.3 is 0 Å². The van der Waals surface area contributed by atoms with Crippen LogP contribution in [0.4, 0.5) is 0 Å². The van der Waals surface area contributed by atoms with Crippen LogP contribution in [0.15, 0.2) is 20.1 Å². The van der Waals surface area contributed by atoms with Crippen LogP contribution in [0.5, 0.6) is 0 Å². The summed E-state index contributed by atoms with van der Waals surface area (Å²) in [7, 11) is 0. The molecule has 0 heterocycles. The first-order chi connectivity index (χ1) is 5.80. The highest BCUT2D eigenvalue weighted by atomic mass is 35.5. The van der Waals surface area contributed by atoms with Gasteiger partial charge in [0.1, 0.15) is 8.98 Å². The van der Waals surface area contributed by atoms with Gasteiger partial charge >= 0.3 is 0 Å². The molecule has 0 aliphatic heterocycles. The van der Waals surface area contributed by atoms with Crippen molar-refractivity contribution in [1.29, 1.82) is 0 Å². The summed E-state index contributed by atoms with van der Waals surface area (Å²) >= 11 is 32.9. The quantitative estimate of drug-likeness (QED) is 0.486. The van der Waals surface area contributed by atoms with Crippen molar-refractivity contribution in [2.45, 2.75) is 4.33 Å². The minimum atomic E-state index is -1.73. The maximum Gasteiger partial charge on any atom is 0.208 e. The van der Waals surface area contributed by atoms with Crippen molar-refractivity contribution in [2.24, 2.45) is 0 Å². The van der Waals surface area contributed by atoms with Crippen molar-refractivity contribution in [3.05, 3.63) is 20.1 Å². The molecule has 1 aliphatic rings. The number of hydrogen-bond acceptors (Lipinski definition) is 1. The predicted molar refractivity (Wildman–Crippen MR) is 56.9 cm³/mol. The number of Topliss-reactive ketones (excluding diaryl/α,β-unsaturated/α-hetero) is 1. The van der Waals surface area contributed by atoms with E-state index in [0.29, 0.717) is 0 Å². The van der Waals surface area contributed by atoms with Gasteiger partial charge in [-0.15, -0.1) is 0 Å². The fourth-order valence-corrected chi connectivity index (χ4v) is 2.47. The van der Waals surface area contributed by atoms with E-state index in [1.165, 1.54) is 0 Å². The lowest BCUT2D eigenvalue weighted by molar-refractivity contribution is -0.117. The molecule has 0 aromatic heterocycles. The summed E-state index contributed by atoms with van der Waals surface area (Å²) in [6.45, 7) is 0. The Kier molecular flexibility index (Phi) is 3.50. The fraction of sp³-hybridized carbons (Fsp3) is 0.167. The first kappa shape index (κ1) is 12.0. The Balaban J connectivity index is 3.31. The Labute approximate surface area is 104 Å². The fourth-order valence-electron chi connectivity index (χ4n) is 0.872. The molecule has 0 unspecified atom stereocenters. The number of rotatable bonds is 0. The largest absolute Gasteiger partial charge is 0.290 e.